The second-order valence-electron chi connectivity index (χ2n) is 4.76. The van der Waals surface area contributed by atoms with Gasteiger partial charge in [0.25, 0.3) is 5.92 Å². The first-order valence-electron chi connectivity index (χ1n) is 5.03. The predicted molar refractivity (Wildman–Crippen MR) is 52.3 cm³/mol. The smallest absolute Gasteiger partial charge is 0.266 e. The Morgan fingerprint density at radius 3 is 2.21 bits per heavy atom. The van der Waals surface area contributed by atoms with Crippen molar-refractivity contribution in [2.45, 2.75) is 51.6 Å². The zero-order valence-corrected chi connectivity index (χ0v) is 8.98. The highest BCUT2D eigenvalue weighted by atomic mass is 19.3. The Balaban J connectivity index is 2.90. The quantitative estimate of drug-likeness (QED) is 0.685. The molecule has 1 aliphatic carbocycles. The zero-order chi connectivity index (χ0) is 11.0. The molecule has 0 radical (unpaired) electrons. The molecule has 0 heterocycles. The topological polar surface area (TPSA) is 20.2 Å². The third-order valence-electron chi connectivity index (χ3n) is 3.50. The van der Waals surface area contributed by atoms with Gasteiger partial charge in [0, 0.05) is 6.42 Å². The lowest BCUT2D eigenvalue weighted by atomic mass is 9.68. The number of hydrogen-bond acceptors (Lipinski definition) is 1. The van der Waals surface area contributed by atoms with Gasteiger partial charge in [-0.1, -0.05) is 26.8 Å². The molecular formula is C11H18F2O. The van der Waals surface area contributed by atoms with Gasteiger partial charge in [-0.2, -0.15) is 0 Å². The molecule has 1 unspecified atom stereocenters. The Bertz CT molecular complexity index is 246. The molecule has 0 aromatic rings. The maximum atomic E-state index is 12.8. The summed E-state index contributed by atoms with van der Waals surface area (Å²) in [5, 5.41) is 10.2. The number of halogens is 2. The van der Waals surface area contributed by atoms with Crippen LogP contribution < -0.4 is 0 Å². The van der Waals surface area contributed by atoms with Crippen LogP contribution in [0.3, 0.4) is 0 Å². The summed E-state index contributed by atoms with van der Waals surface area (Å²) in [6, 6.07) is 0. The van der Waals surface area contributed by atoms with E-state index in [0.717, 1.165) is 12.5 Å². The SMILES string of the molecule is CCC(C)(C)C1(O)C=CC(F)(F)CC1. The van der Waals surface area contributed by atoms with Crippen LogP contribution in [-0.2, 0) is 0 Å². The number of alkyl halides is 2. The van der Waals surface area contributed by atoms with E-state index in [0.29, 0.717) is 0 Å². The molecule has 0 aromatic carbocycles. The van der Waals surface area contributed by atoms with E-state index in [2.05, 4.69) is 0 Å². The van der Waals surface area contributed by atoms with E-state index in [1.54, 1.807) is 0 Å². The maximum absolute atomic E-state index is 12.8. The first-order chi connectivity index (χ1) is 6.22. The highest BCUT2D eigenvalue weighted by Crippen LogP contribution is 2.44. The van der Waals surface area contributed by atoms with E-state index in [1.807, 2.05) is 20.8 Å². The molecule has 0 aliphatic heterocycles. The Kier molecular flexibility index (Phi) is 2.74. The molecule has 1 atom stereocenters. The fourth-order valence-electron chi connectivity index (χ4n) is 1.65. The van der Waals surface area contributed by atoms with Gasteiger partial charge in [0.1, 0.15) is 0 Å². The van der Waals surface area contributed by atoms with E-state index in [-0.39, 0.29) is 18.3 Å². The predicted octanol–water partition coefficient (Wildman–Crippen LogP) is 3.14. The molecule has 0 amide bonds. The average molecular weight is 204 g/mol. The Morgan fingerprint density at radius 1 is 1.29 bits per heavy atom. The van der Waals surface area contributed by atoms with Crippen LogP contribution >= 0.6 is 0 Å². The molecule has 3 heteroatoms. The Labute approximate surface area is 83.8 Å². The summed E-state index contributed by atoms with van der Waals surface area (Å²) in [5.74, 6) is -2.74. The Hall–Kier alpha value is -0.440. The van der Waals surface area contributed by atoms with Crippen LogP contribution in [-0.4, -0.2) is 16.6 Å². The van der Waals surface area contributed by atoms with E-state index >= 15 is 0 Å². The molecule has 82 valence electrons. The van der Waals surface area contributed by atoms with Gasteiger partial charge in [0.15, 0.2) is 0 Å². The molecule has 14 heavy (non-hydrogen) atoms. The van der Waals surface area contributed by atoms with Crippen LogP contribution in [0.15, 0.2) is 12.2 Å². The van der Waals surface area contributed by atoms with Crippen LogP contribution in [0, 0.1) is 5.41 Å². The van der Waals surface area contributed by atoms with Gasteiger partial charge in [0.2, 0.25) is 0 Å². The zero-order valence-electron chi connectivity index (χ0n) is 8.98. The lowest BCUT2D eigenvalue weighted by molar-refractivity contribution is -0.0710. The van der Waals surface area contributed by atoms with Crippen LogP contribution in [0.5, 0.6) is 0 Å². The number of aliphatic hydroxyl groups is 1. The molecule has 0 saturated heterocycles. The molecule has 0 fully saturated rings. The van der Waals surface area contributed by atoms with Crippen LogP contribution in [0.4, 0.5) is 8.78 Å². The molecule has 1 rings (SSSR count). The molecule has 1 aliphatic rings. The molecule has 0 saturated carbocycles. The minimum absolute atomic E-state index is 0.136. The lowest BCUT2D eigenvalue weighted by Gasteiger charge is -2.43. The van der Waals surface area contributed by atoms with Crippen molar-refractivity contribution in [3.8, 4) is 0 Å². The highest BCUT2D eigenvalue weighted by molar-refractivity contribution is 5.15. The van der Waals surface area contributed by atoms with E-state index in [9.17, 15) is 13.9 Å². The van der Waals surface area contributed by atoms with E-state index in [1.165, 1.54) is 6.08 Å². The molecule has 0 aromatic heterocycles. The van der Waals surface area contributed by atoms with Crippen LogP contribution in [0.25, 0.3) is 0 Å². The lowest BCUT2D eigenvalue weighted by Crippen LogP contribution is -2.46. The summed E-state index contributed by atoms with van der Waals surface area (Å²) in [7, 11) is 0. The fourth-order valence-corrected chi connectivity index (χ4v) is 1.65. The van der Waals surface area contributed by atoms with Crippen LogP contribution in [0.1, 0.15) is 40.0 Å². The fraction of sp³-hybridized carbons (Fsp3) is 0.818. The Morgan fingerprint density at radius 2 is 1.86 bits per heavy atom. The van der Waals surface area contributed by atoms with Crippen molar-refractivity contribution in [1.82, 2.24) is 0 Å². The van der Waals surface area contributed by atoms with Crippen molar-refractivity contribution in [3.63, 3.8) is 0 Å². The molecule has 1 nitrogen and oxygen atoms in total. The average Bonchev–Trinajstić information content (AvgIpc) is 2.10. The minimum Gasteiger partial charge on any atom is -0.385 e. The number of hydrogen-bond donors (Lipinski definition) is 1. The molecule has 0 spiro atoms. The second-order valence-corrected chi connectivity index (χ2v) is 4.76. The van der Waals surface area contributed by atoms with Crippen molar-refractivity contribution >= 4 is 0 Å². The largest absolute Gasteiger partial charge is 0.385 e. The summed E-state index contributed by atoms with van der Waals surface area (Å²) in [6.45, 7) is 5.76. The van der Waals surface area contributed by atoms with Crippen LogP contribution in [0.2, 0.25) is 0 Å². The third kappa shape index (κ3) is 1.97. The van der Waals surface area contributed by atoms with Gasteiger partial charge in [-0.15, -0.1) is 0 Å². The monoisotopic (exact) mass is 204 g/mol. The summed E-state index contributed by atoms with van der Waals surface area (Å²) >= 11 is 0. The van der Waals surface area contributed by atoms with Crippen molar-refractivity contribution in [3.05, 3.63) is 12.2 Å². The maximum Gasteiger partial charge on any atom is 0.266 e. The normalized spacial score (nSPS) is 31.9. The number of allylic oxidation sites excluding steroid dienone is 1. The van der Waals surface area contributed by atoms with Crippen molar-refractivity contribution < 1.29 is 13.9 Å². The van der Waals surface area contributed by atoms with Crippen molar-refractivity contribution in [2.75, 3.05) is 0 Å². The van der Waals surface area contributed by atoms with Gasteiger partial charge in [-0.3, -0.25) is 0 Å². The first kappa shape index (κ1) is 11.6. The summed E-state index contributed by atoms with van der Waals surface area (Å²) in [4.78, 5) is 0. The molecule has 1 N–H and O–H groups in total. The second kappa shape index (κ2) is 3.30. The standard InChI is InChI=1S/C11H18F2O/c1-4-9(2,3)10(14)5-7-11(12,13)8-6-10/h5,7,14H,4,6,8H2,1-3H3. The molecule has 0 bridgehead atoms. The van der Waals surface area contributed by atoms with Gasteiger partial charge in [0.05, 0.1) is 5.60 Å². The van der Waals surface area contributed by atoms with Gasteiger partial charge < -0.3 is 5.11 Å². The molecular weight excluding hydrogens is 186 g/mol. The van der Waals surface area contributed by atoms with Crippen molar-refractivity contribution in [2.24, 2.45) is 5.41 Å². The van der Waals surface area contributed by atoms with E-state index in [4.69, 9.17) is 0 Å². The van der Waals surface area contributed by atoms with Crippen molar-refractivity contribution in [1.29, 1.82) is 0 Å². The third-order valence-corrected chi connectivity index (χ3v) is 3.50. The summed E-state index contributed by atoms with van der Waals surface area (Å²) in [6.07, 6.45) is 2.76. The van der Waals surface area contributed by atoms with Gasteiger partial charge in [-0.25, -0.2) is 8.78 Å². The summed E-state index contributed by atoms with van der Waals surface area (Å²) < 4.78 is 25.7. The van der Waals surface area contributed by atoms with Gasteiger partial charge in [-0.05, 0) is 24.3 Å². The summed E-state index contributed by atoms with van der Waals surface area (Å²) in [5.41, 5.74) is -1.43. The first-order valence-corrected chi connectivity index (χ1v) is 5.03. The number of rotatable bonds is 2. The van der Waals surface area contributed by atoms with E-state index < -0.39 is 11.5 Å². The van der Waals surface area contributed by atoms with Gasteiger partial charge >= 0.3 is 0 Å². The minimum atomic E-state index is -2.74. The highest BCUT2D eigenvalue weighted by Gasteiger charge is 2.45.